The number of rotatable bonds is 5. The van der Waals surface area contributed by atoms with Crippen molar-refractivity contribution >= 4 is 40.5 Å². The minimum atomic E-state index is -0.527. The van der Waals surface area contributed by atoms with Crippen LogP contribution >= 0.6 is 23.2 Å². The lowest BCUT2D eigenvalue weighted by atomic mass is 10.2. The van der Waals surface area contributed by atoms with Crippen LogP contribution < -0.4 is 10.2 Å². The van der Waals surface area contributed by atoms with Crippen molar-refractivity contribution < 1.29 is 9.18 Å². The topological polar surface area (TPSA) is 35.6 Å². The number of piperazine rings is 1. The van der Waals surface area contributed by atoms with Gasteiger partial charge in [-0.2, -0.15) is 0 Å². The number of amides is 1. The zero-order valence-corrected chi connectivity index (χ0v) is 15.7. The highest BCUT2D eigenvalue weighted by atomic mass is 35.5. The van der Waals surface area contributed by atoms with Crippen LogP contribution in [0.2, 0.25) is 10.0 Å². The number of hydrogen-bond donors (Lipinski definition) is 1. The van der Waals surface area contributed by atoms with Gasteiger partial charge in [0.05, 0.1) is 5.69 Å². The minimum Gasteiger partial charge on any atom is -0.369 e. The smallest absolute Gasteiger partial charge is 0.225 e. The van der Waals surface area contributed by atoms with Crippen molar-refractivity contribution in [1.82, 2.24) is 4.90 Å². The highest BCUT2D eigenvalue weighted by Gasteiger charge is 2.18. The highest BCUT2D eigenvalue weighted by Crippen LogP contribution is 2.21. The molecule has 3 rings (SSSR count). The van der Waals surface area contributed by atoms with Crippen molar-refractivity contribution in [3.8, 4) is 0 Å². The van der Waals surface area contributed by atoms with Crippen LogP contribution in [0, 0.1) is 5.82 Å². The van der Waals surface area contributed by atoms with Crippen molar-refractivity contribution in [3.05, 3.63) is 58.3 Å². The Labute approximate surface area is 162 Å². The highest BCUT2D eigenvalue weighted by molar-refractivity contribution is 6.31. The van der Waals surface area contributed by atoms with Crippen molar-refractivity contribution in [1.29, 1.82) is 0 Å². The first kappa shape index (κ1) is 19.0. The molecule has 1 aliphatic heterocycles. The molecule has 4 nitrogen and oxygen atoms in total. The fourth-order valence-electron chi connectivity index (χ4n) is 2.97. The average Bonchev–Trinajstić information content (AvgIpc) is 2.63. The van der Waals surface area contributed by atoms with E-state index in [0.29, 0.717) is 18.0 Å². The fraction of sp³-hybridized carbons (Fsp3) is 0.316. The summed E-state index contributed by atoms with van der Waals surface area (Å²) >= 11 is 11.8. The van der Waals surface area contributed by atoms with Crippen LogP contribution in [0.15, 0.2) is 42.5 Å². The Morgan fingerprint density at radius 1 is 1.04 bits per heavy atom. The molecule has 1 saturated heterocycles. The lowest BCUT2D eigenvalue weighted by Gasteiger charge is -2.36. The van der Waals surface area contributed by atoms with Gasteiger partial charge in [0, 0.05) is 54.9 Å². The summed E-state index contributed by atoms with van der Waals surface area (Å²) in [6.45, 7) is 4.15. The molecule has 7 heteroatoms. The standard InChI is InChI=1S/C19H20Cl2FN3O/c20-14-2-1-3-16(12-14)25-10-8-24(9-11-25)7-6-19(26)23-18-5-4-15(21)13-17(18)22/h1-5,12-13H,6-11H2,(H,23,26). The molecule has 0 aromatic heterocycles. The van der Waals surface area contributed by atoms with Gasteiger partial charge >= 0.3 is 0 Å². The number of halogens is 3. The zero-order valence-electron chi connectivity index (χ0n) is 14.2. The molecule has 1 aliphatic rings. The molecule has 0 atom stereocenters. The maximum atomic E-state index is 13.7. The number of anilines is 2. The number of carbonyl (C=O) groups is 1. The molecule has 0 radical (unpaired) electrons. The van der Waals surface area contributed by atoms with E-state index < -0.39 is 5.82 Å². The Kier molecular flexibility index (Phi) is 6.35. The molecule has 0 bridgehead atoms. The molecular weight excluding hydrogens is 376 g/mol. The summed E-state index contributed by atoms with van der Waals surface area (Å²) in [5, 5.41) is 3.63. The third-order valence-electron chi connectivity index (χ3n) is 4.41. The Morgan fingerprint density at radius 2 is 1.77 bits per heavy atom. The lowest BCUT2D eigenvalue weighted by molar-refractivity contribution is -0.116. The van der Waals surface area contributed by atoms with E-state index >= 15 is 0 Å². The summed E-state index contributed by atoms with van der Waals surface area (Å²) in [4.78, 5) is 16.6. The number of nitrogens with one attached hydrogen (secondary N) is 1. The van der Waals surface area contributed by atoms with Gasteiger partial charge in [-0.1, -0.05) is 29.3 Å². The van der Waals surface area contributed by atoms with E-state index in [2.05, 4.69) is 21.2 Å². The van der Waals surface area contributed by atoms with E-state index in [0.717, 1.165) is 36.9 Å². The zero-order chi connectivity index (χ0) is 18.5. The Hall–Kier alpha value is -1.82. The summed E-state index contributed by atoms with van der Waals surface area (Å²) in [7, 11) is 0. The van der Waals surface area contributed by atoms with Crippen molar-refractivity contribution in [2.45, 2.75) is 6.42 Å². The van der Waals surface area contributed by atoms with Gasteiger partial charge in [-0.25, -0.2) is 4.39 Å². The van der Waals surface area contributed by atoms with Crippen LogP contribution in [-0.2, 0) is 4.79 Å². The van der Waals surface area contributed by atoms with Gasteiger partial charge in [0.2, 0.25) is 5.91 Å². The van der Waals surface area contributed by atoms with Crippen molar-refractivity contribution in [2.24, 2.45) is 0 Å². The summed E-state index contributed by atoms with van der Waals surface area (Å²) in [5.41, 5.74) is 1.28. The van der Waals surface area contributed by atoms with E-state index in [1.807, 2.05) is 18.2 Å². The van der Waals surface area contributed by atoms with E-state index in [9.17, 15) is 9.18 Å². The molecule has 26 heavy (non-hydrogen) atoms. The third-order valence-corrected chi connectivity index (χ3v) is 4.88. The second kappa shape index (κ2) is 8.71. The molecule has 1 fully saturated rings. The summed E-state index contributed by atoms with van der Waals surface area (Å²) in [6, 6.07) is 12.0. The van der Waals surface area contributed by atoms with Gasteiger partial charge in [0.1, 0.15) is 5.82 Å². The monoisotopic (exact) mass is 395 g/mol. The molecule has 0 aliphatic carbocycles. The van der Waals surface area contributed by atoms with Gasteiger partial charge in [-0.3, -0.25) is 9.69 Å². The molecule has 2 aromatic rings. The molecular formula is C19H20Cl2FN3O. The summed E-state index contributed by atoms with van der Waals surface area (Å²) < 4.78 is 13.7. The Morgan fingerprint density at radius 3 is 2.46 bits per heavy atom. The van der Waals surface area contributed by atoms with Crippen LogP contribution in [0.25, 0.3) is 0 Å². The second-order valence-corrected chi connectivity index (χ2v) is 7.10. The van der Waals surface area contributed by atoms with E-state index in [-0.39, 0.29) is 11.6 Å². The molecule has 1 N–H and O–H groups in total. The van der Waals surface area contributed by atoms with Crippen molar-refractivity contribution in [3.63, 3.8) is 0 Å². The maximum Gasteiger partial charge on any atom is 0.225 e. The maximum absolute atomic E-state index is 13.7. The van der Waals surface area contributed by atoms with Crippen LogP contribution in [0.3, 0.4) is 0 Å². The predicted octanol–water partition coefficient (Wildman–Crippen LogP) is 4.28. The molecule has 0 spiro atoms. The van der Waals surface area contributed by atoms with Crippen LogP contribution in [0.1, 0.15) is 6.42 Å². The van der Waals surface area contributed by atoms with Gasteiger partial charge in [-0.15, -0.1) is 0 Å². The molecule has 1 amide bonds. The summed E-state index contributed by atoms with van der Waals surface area (Å²) in [5.74, 6) is -0.732. The minimum absolute atomic E-state index is 0.158. The van der Waals surface area contributed by atoms with Gasteiger partial charge in [0.25, 0.3) is 0 Å². The first-order valence-electron chi connectivity index (χ1n) is 8.49. The molecule has 2 aromatic carbocycles. The predicted molar refractivity (Wildman–Crippen MR) is 105 cm³/mol. The molecule has 0 saturated carbocycles. The Bertz CT molecular complexity index is 779. The summed E-state index contributed by atoms with van der Waals surface area (Å²) in [6.07, 6.45) is 0.319. The average molecular weight is 396 g/mol. The first-order valence-corrected chi connectivity index (χ1v) is 9.24. The van der Waals surface area contributed by atoms with E-state index in [1.165, 1.54) is 12.1 Å². The van der Waals surface area contributed by atoms with Crippen LogP contribution in [-0.4, -0.2) is 43.5 Å². The molecule has 0 unspecified atom stereocenters. The van der Waals surface area contributed by atoms with Crippen molar-refractivity contribution in [2.75, 3.05) is 42.9 Å². The van der Waals surface area contributed by atoms with Gasteiger partial charge in [-0.05, 0) is 36.4 Å². The number of carbonyl (C=O) groups excluding carboxylic acids is 1. The normalized spacial score (nSPS) is 15.1. The number of nitrogens with zero attached hydrogens (tertiary/aromatic N) is 2. The van der Waals surface area contributed by atoms with Crippen LogP contribution in [0.4, 0.5) is 15.8 Å². The largest absolute Gasteiger partial charge is 0.369 e. The van der Waals surface area contributed by atoms with E-state index in [4.69, 9.17) is 23.2 Å². The van der Waals surface area contributed by atoms with Crippen LogP contribution in [0.5, 0.6) is 0 Å². The lowest BCUT2D eigenvalue weighted by Crippen LogP contribution is -2.47. The third kappa shape index (κ3) is 5.10. The van der Waals surface area contributed by atoms with Gasteiger partial charge in [0.15, 0.2) is 0 Å². The second-order valence-electron chi connectivity index (χ2n) is 6.23. The van der Waals surface area contributed by atoms with E-state index in [1.54, 1.807) is 6.07 Å². The molecule has 1 heterocycles. The molecule has 138 valence electrons. The fourth-order valence-corrected chi connectivity index (χ4v) is 3.31. The Balaban J connectivity index is 1.44. The first-order chi connectivity index (χ1) is 12.5. The SMILES string of the molecule is O=C(CCN1CCN(c2cccc(Cl)c2)CC1)Nc1ccc(Cl)cc1F. The quantitative estimate of drug-likeness (QED) is 0.820. The number of benzene rings is 2. The number of hydrogen-bond acceptors (Lipinski definition) is 3. The van der Waals surface area contributed by atoms with Gasteiger partial charge < -0.3 is 10.2 Å².